The Morgan fingerprint density at radius 1 is 1.00 bits per heavy atom. The summed E-state index contributed by atoms with van der Waals surface area (Å²) < 4.78 is 0. The molecule has 0 aliphatic heterocycles. The van der Waals surface area contributed by atoms with Crippen LogP contribution in [-0.4, -0.2) is 15.3 Å². The van der Waals surface area contributed by atoms with Crippen molar-refractivity contribution in [2.45, 2.75) is 18.8 Å². The standard InChI is InChI=1S/C9H10O3/c10-7-3-6(5-1-2-5)4-8(11)9(7)12/h3-5,10-12H,1-2H2. The van der Waals surface area contributed by atoms with Crippen molar-refractivity contribution < 1.29 is 15.3 Å². The minimum atomic E-state index is -0.431. The molecular formula is C9H10O3. The zero-order valence-corrected chi connectivity index (χ0v) is 6.49. The van der Waals surface area contributed by atoms with E-state index < -0.39 is 5.75 Å². The molecule has 0 atom stereocenters. The van der Waals surface area contributed by atoms with E-state index >= 15 is 0 Å². The molecule has 0 spiro atoms. The third-order valence-corrected chi connectivity index (χ3v) is 2.14. The van der Waals surface area contributed by atoms with Crippen molar-refractivity contribution in [1.29, 1.82) is 0 Å². The molecule has 0 heterocycles. The van der Waals surface area contributed by atoms with E-state index in [-0.39, 0.29) is 11.5 Å². The maximum atomic E-state index is 9.15. The Balaban J connectivity index is 2.45. The van der Waals surface area contributed by atoms with Crippen molar-refractivity contribution in [2.24, 2.45) is 0 Å². The van der Waals surface area contributed by atoms with E-state index in [1.54, 1.807) is 0 Å². The predicted molar refractivity (Wildman–Crippen MR) is 43.4 cm³/mol. The Hall–Kier alpha value is -1.38. The molecule has 0 saturated heterocycles. The Bertz CT molecular complexity index is 293. The molecule has 1 aliphatic carbocycles. The van der Waals surface area contributed by atoms with Crippen molar-refractivity contribution in [2.75, 3.05) is 0 Å². The maximum Gasteiger partial charge on any atom is 0.200 e. The van der Waals surface area contributed by atoms with Gasteiger partial charge in [-0.15, -0.1) is 0 Å². The fourth-order valence-electron chi connectivity index (χ4n) is 1.28. The monoisotopic (exact) mass is 166 g/mol. The lowest BCUT2D eigenvalue weighted by Gasteiger charge is -2.03. The number of hydrogen-bond donors (Lipinski definition) is 3. The van der Waals surface area contributed by atoms with Crippen LogP contribution in [0.1, 0.15) is 24.3 Å². The summed E-state index contributed by atoms with van der Waals surface area (Å²) in [6.07, 6.45) is 2.20. The quantitative estimate of drug-likeness (QED) is 0.556. The number of rotatable bonds is 1. The van der Waals surface area contributed by atoms with Crippen LogP contribution < -0.4 is 0 Å². The second-order valence-corrected chi connectivity index (χ2v) is 3.18. The van der Waals surface area contributed by atoms with Crippen LogP contribution in [0.4, 0.5) is 0 Å². The third kappa shape index (κ3) is 1.07. The van der Waals surface area contributed by atoms with Crippen LogP contribution in [0, 0.1) is 0 Å². The van der Waals surface area contributed by atoms with Crippen molar-refractivity contribution in [1.82, 2.24) is 0 Å². The molecule has 1 aromatic rings. The van der Waals surface area contributed by atoms with E-state index in [4.69, 9.17) is 15.3 Å². The highest BCUT2D eigenvalue weighted by Crippen LogP contribution is 2.45. The predicted octanol–water partition coefficient (Wildman–Crippen LogP) is 1.68. The highest BCUT2D eigenvalue weighted by molar-refractivity contribution is 5.52. The minimum absolute atomic E-state index is 0.239. The number of phenols is 3. The number of hydrogen-bond acceptors (Lipinski definition) is 3. The summed E-state index contributed by atoms with van der Waals surface area (Å²) in [7, 11) is 0. The van der Waals surface area contributed by atoms with Crippen molar-refractivity contribution in [3.63, 3.8) is 0 Å². The molecule has 2 rings (SSSR count). The first-order valence-electron chi connectivity index (χ1n) is 3.93. The third-order valence-electron chi connectivity index (χ3n) is 2.14. The summed E-state index contributed by atoms with van der Waals surface area (Å²) in [5.74, 6) is -0.449. The largest absolute Gasteiger partial charge is 0.504 e. The second-order valence-electron chi connectivity index (χ2n) is 3.18. The fraction of sp³-hybridized carbons (Fsp3) is 0.333. The average molecular weight is 166 g/mol. The first-order chi connectivity index (χ1) is 5.68. The minimum Gasteiger partial charge on any atom is -0.504 e. The van der Waals surface area contributed by atoms with Crippen LogP contribution in [0.3, 0.4) is 0 Å². The molecule has 64 valence electrons. The van der Waals surface area contributed by atoms with E-state index in [1.807, 2.05) is 0 Å². The fourth-order valence-corrected chi connectivity index (χ4v) is 1.28. The first-order valence-corrected chi connectivity index (χ1v) is 3.93. The Morgan fingerprint density at radius 3 is 1.92 bits per heavy atom. The topological polar surface area (TPSA) is 60.7 Å². The number of phenolic OH excluding ortho intramolecular Hbond substituents is 3. The summed E-state index contributed by atoms with van der Waals surface area (Å²) in [4.78, 5) is 0. The zero-order chi connectivity index (χ0) is 8.72. The average Bonchev–Trinajstić information content (AvgIpc) is 2.81. The summed E-state index contributed by atoms with van der Waals surface area (Å²) in [6, 6.07) is 3.01. The van der Waals surface area contributed by atoms with Gasteiger partial charge in [-0.3, -0.25) is 0 Å². The highest BCUT2D eigenvalue weighted by Gasteiger charge is 2.25. The van der Waals surface area contributed by atoms with Gasteiger partial charge in [-0.25, -0.2) is 0 Å². The van der Waals surface area contributed by atoms with Gasteiger partial charge >= 0.3 is 0 Å². The van der Waals surface area contributed by atoms with Gasteiger partial charge in [-0.1, -0.05) is 0 Å². The van der Waals surface area contributed by atoms with Crippen LogP contribution in [0.2, 0.25) is 0 Å². The second kappa shape index (κ2) is 2.30. The van der Waals surface area contributed by atoms with E-state index in [2.05, 4.69) is 0 Å². The molecule has 3 N–H and O–H groups in total. The zero-order valence-electron chi connectivity index (χ0n) is 6.49. The van der Waals surface area contributed by atoms with Crippen LogP contribution in [0.15, 0.2) is 12.1 Å². The van der Waals surface area contributed by atoms with Crippen LogP contribution in [0.5, 0.6) is 17.2 Å². The smallest absolute Gasteiger partial charge is 0.200 e. The molecule has 1 fully saturated rings. The van der Waals surface area contributed by atoms with Gasteiger partial charge in [0.2, 0.25) is 0 Å². The molecular weight excluding hydrogens is 156 g/mol. The van der Waals surface area contributed by atoms with Crippen molar-refractivity contribution in [3.05, 3.63) is 17.7 Å². The summed E-state index contributed by atoms with van der Waals surface area (Å²) in [6.45, 7) is 0. The molecule has 3 heteroatoms. The normalized spacial score (nSPS) is 16.3. The molecule has 0 bridgehead atoms. The summed E-state index contributed by atoms with van der Waals surface area (Å²) in [5.41, 5.74) is 0.905. The van der Waals surface area contributed by atoms with E-state index in [1.165, 1.54) is 12.1 Å². The van der Waals surface area contributed by atoms with Gasteiger partial charge in [-0.2, -0.15) is 0 Å². The SMILES string of the molecule is Oc1cc(C2CC2)cc(O)c1O. The molecule has 1 saturated carbocycles. The van der Waals surface area contributed by atoms with Crippen molar-refractivity contribution >= 4 is 0 Å². The van der Waals surface area contributed by atoms with Gasteiger partial charge in [0.1, 0.15) is 0 Å². The van der Waals surface area contributed by atoms with E-state index in [0.717, 1.165) is 18.4 Å². The molecule has 0 aromatic heterocycles. The lowest BCUT2D eigenvalue weighted by atomic mass is 10.1. The van der Waals surface area contributed by atoms with Gasteiger partial charge in [0.25, 0.3) is 0 Å². The molecule has 0 unspecified atom stereocenters. The van der Waals surface area contributed by atoms with Crippen LogP contribution in [-0.2, 0) is 0 Å². The van der Waals surface area contributed by atoms with Crippen LogP contribution >= 0.6 is 0 Å². The van der Waals surface area contributed by atoms with Crippen LogP contribution in [0.25, 0.3) is 0 Å². The lowest BCUT2D eigenvalue weighted by Crippen LogP contribution is -1.79. The molecule has 0 amide bonds. The van der Waals surface area contributed by atoms with Gasteiger partial charge in [0.15, 0.2) is 17.2 Å². The molecule has 3 nitrogen and oxygen atoms in total. The lowest BCUT2D eigenvalue weighted by molar-refractivity contribution is 0.367. The molecule has 1 aliphatic rings. The first kappa shape index (κ1) is 7.28. The Kier molecular flexibility index (Phi) is 1.40. The molecule has 0 radical (unpaired) electrons. The Morgan fingerprint density at radius 2 is 1.50 bits per heavy atom. The van der Waals surface area contributed by atoms with E-state index in [0.29, 0.717) is 5.92 Å². The number of benzene rings is 1. The van der Waals surface area contributed by atoms with Crippen molar-refractivity contribution in [3.8, 4) is 17.2 Å². The summed E-state index contributed by atoms with van der Waals surface area (Å²) in [5, 5.41) is 27.3. The van der Waals surface area contributed by atoms with Gasteiger partial charge < -0.3 is 15.3 Å². The van der Waals surface area contributed by atoms with E-state index in [9.17, 15) is 0 Å². The Labute approximate surface area is 69.9 Å². The molecule has 12 heavy (non-hydrogen) atoms. The molecule has 1 aromatic carbocycles. The van der Waals surface area contributed by atoms with Gasteiger partial charge in [-0.05, 0) is 36.5 Å². The van der Waals surface area contributed by atoms with Gasteiger partial charge in [0.05, 0.1) is 0 Å². The number of aromatic hydroxyl groups is 3. The maximum absolute atomic E-state index is 9.15. The van der Waals surface area contributed by atoms with Gasteiger partial charge in [0, 0.05) is 0 Å². The summed E-state index contributed by atoms with van der Waals surface area (Å²) >= 11 is 0. The highest BCUT2D eigenvalue weighted by atomic mass is 16.3.